The van der Waals surface area contributed by atoms with E-state index in [1.807, 2.05) is 18.2 Å². The first kappa shape index (κ1) is 18.1. The number of anilines is 4. The maximum absolute atomic E-state index is 6.33. The number of fused-ring (bicyclic) bond motifs is 2. The van der Waals surface area contributed by atoms with Crippen molar-refractivity contribution in [2.45, 2.75) is 32.1 Å². The van der Waals surface area contributed by atoms with Crippen molar-refractivity contribution >= 4 is 34.7 Å². The number of nitrogens with one attached hydrogen (secondary N) is 2. The molecule has 148 valence electrons. The number of aromatic nitrogens is 2. The molecule has 7 heteroatoms. The molecule has 1 aliphatic heterocycles. The number of hydrogen-bond acceptors (Lipinski definition) is 6. The topological polar surface area (TPSA) is 68.3 Å². The SMILES string of the molecule is Clc1cnc(Nc2ccc3c(c2)CCCCC3)nc1Nc1cccc2c1OCO2. The second-order valence-electron chi connectivity index (χ2n) is 7.22. The minimum Gasteiger partial charge on any atom is -0.454 e. The number of ether oxygens (including phenoxy) is 2. The van der Waals surface area contributed by atoms with E-state index in [4.69, 9.17) is 21.1 Å². The average molecular weight is 409 g/mol. The van der Waals surface area contributed by atoms with Crippen LogP contribution in [0.25, 0.3) is 0 Å². The summed E-state index contributed by atoms with van der Waals surface area (Å²) in [6.07, 6.45) is 7.69. The molecular weight excluding hydrogens is 388 g/mol. The van der Waals surface area contributed by atoms with Gasteiger partial charge in [0.2, 0.25) is 12.7 Å². The zero-order valence-electron chi connectivity index (χ0n) is 15.9. The molecule has 29 heavy (non-hydrogen) atoms. The minimum atomic E-state index is 0.205. The summed E-state index contributed by atoms with van der Waals surface area (Å²) in [5.41, 5.74) is 4.59. The zero-order valence-corrected chi connectivity index (χ0v) is 16.6. The highest BCUT2D eigenvalue weighted by Crippen LogP contribution is 2.40. The Hall–Kier alpha value is -2.99. The van der Waals surface area contributed by atoms with Crippen molar-refractivity contribution in [2.75, 3.05) is 17.4 Å². The highest BCUT2D eigenvalue weighted by molar-refractivity contribution is 6.33. The number of benzene rings is 2. The van der Waals surface area contributed by atoms with Crippen molar-refractivity contribution in [1.29, 1.82) is 0 Å². The van der Waals surface area contributed by atoms with Crippen LogP contribution < -0.4 is 20.1 Å². The fraction of sp³-hybridized carbons (Fsp3) is 0.273. The van der Waals surface area contributed by atoms with E-state index in [9.17, 15) is 0 Å². The summed E-state index contributed by atoms with van der Waals surface area (Å²) in [6, 6.07) is 12.2. The van der Waals surface area contributed by atoms with Crippen molar-refractivity contribution in [2.24, 2.45) is 0 Å². The van der Waals surface area contributed by atoms with Crippen LogP contribution in [0.3, 0.4) is 0 Å². The van der Waals surface area contributed by atoms with E-state index in [1.54, 1.807) is 6.20 Å². The molecule has 2 aliphatic rings. The van der Waals surface area contributed by atoms with E-state index in [2.05, 4.69) is 38.8 Å². The van der Waals surface area contributed by atoms with E-state index in [0.29, 0.717) is 28.3 Å². The zero-order chi connectivity index (χ0) is 19.6. The van der Waals surface area contributed by atoms with Gasteiger partial charge in [-0.1, -0.05) is 30.2 Å². The maximum Gasteiger partial charge on any atom is 0.231 e. The van der Waals surface area contributed by atoms with Gasteiger partial charge in [-0.15, -0.1) is 0 Å². The Kier molecular flexibility index (Phi) is 4.86. The summed E-state index contributed by atoms with van der Waals surface area (Å²) in [6.45, 7) is 0.205. The Morgan fingerprint density at radius 3 is 2.76 bits per heavy atom. The first-order valence-electron chi connectivity index (χ1n) is 9.83. The molecule has 0 bridgehead atoms. The number of aryl methyl sites for hydroxylation is 2. The lowest BCUT2D eigenvalue weighted by atomic mass is 10.0. The van der Waals surface area contributed by atoms with Gasteiger partial charge in [0.25, 0.3) is 0 Å². The molecule has 0 radical (unpaired) electrons. The third-order valence-electron chi connectivity index (χ3n) is 5.25. The minimum absolute atomic E-state index is 0.205. The summed E-state index contributed by atoms with van der Waals surface area (Å²) in [5, 5.41) is 6.96. The number of hydrogen-bond donors (Lipinski definition) is 2. The lowest BCUT2D eigenvalue weighted by Crippen LogP contribution is -2.03. The van der Waals surface area contributed by atoms with Crippen molar-refractivity contribution in [3.8, 4) is 11.5 Å². The molecule has 0 unspecified atom stereocenters. The molecule has 2 aromatic carbocycles. The highest BCUT2D eigenvalue weighted by Gasteiger charge is 2.18. The molecule has 3 aromatic rings. The van der Waals surface area contributed by atoms with Gasteiger partial charge in [-0.25, -0.2) is 4.98 Å². The molecule has 0 saturated heterocycles. The van der Waals surface area contributed by atoms with Crippen LogP contribution >= 0.6 is 11.6 Å². The quantitative estimate of drug-likeness (QED) is 0.546. The summed E-state index contributed by atoms with van der Waals surface area (Å²) < 4.78 is 11.0. The monoisotopic (exact) mass is 408 g/mol. The van der Waals surface area contributed by atoms with Gasteiger partial charge in [0.15, 0.2) is 17.3 Å². The smallest absolute Gasteiger partial charge is 0.231 e. The number of para-hydroxylation sites is 1. The van der Waals surface area contributed by atoms with Crippen molar-refractivity contribution in [3.05, 3.63) is 58.7 Å². The van der Waals surface area contributed by atoms with E-state index >= 15 is 0 Å². The lowest BCUT2D eigenvalue weighted by molar-refractivity contribution is 0.174. The second kappa shape index (κ2) is 7.79. The van der Waals surface area contributed by atoms with Crippen LogP contribution in [-0.4, -0.2) is 16.8 Å². The third-order valence-corrected chi connectivity index (χ3v) is 5.53. The van der Waals surface area contributed by atoms with E-state index in [1.165, 1.54) is 30.4 Å². The molecule has 1 aromatic heterocycles. The molecule has 0 fully saturated rings. The summed E-state index contributed by atoms with van der Waals surface area (Å²) in [7, 11) is 0. The fourth-order valence-corrected chi connectivity index (χ4v) is 3.93. The van der Waals surface area contributed by atoms with Crippen LogP contribution in [0.2, 0.25) is 5.02 Å². The third kappa shape index (κ3) is 3.80. The molecule has 1 aliphatic carbocycles. The molecule has 6 nitrogen and oxygen atoms in total. The first-order valence-corrected chi connectivity index (χ1v) is 10.2. The van der Waals surface area contributed by atoms with Gasteiger partial charge >= 0.3 is 0 Å². The number of halogens is 1. The van der Waals surface area contributed by atoms with Crippen LogP contribution in [0.4, 0.5) is 23.1 Å². The van der Waals surface area contributed by atoms with Crippen molar-refractivity contribution in [3.63, 3.8) is 0 Å². The predicted molar refractivity (Wildman–Crippen MR) is 114 cm³/mol. The van der Waals surface area contributed by atoms with Crippen LogP contribution in [0.5, 0.6) is 11.5 Å². The summed E-state index contributed by atoms with van der Waals surface area (Å²) >= 11 is 6.33. The number of rotatable bonds is 4. The first-order chi connectivity index (χ1) is 14.3. The van der Waals surface area contributed by atoms with Crippen molar-refractivity contribution in [1.82, 2.24) is 9.97 Å². The molecule has 0 spiro atoms. The van der Waals surface area contributed by atoms with Gasteiger partial charge in [0.05, 0.1) is 11.9 Å². The normalized spacial score (nSPS) is 14.8. The lowest BCUT2D eigenvalue weighted by Gasteiger charge is -2.13. The van der Waals surface area contributed by atoms with Crippen LogP contribution in [0, 0.1) is 0 Å². The van der Waals surface area contributed by atoms with Crippen LogP contribution in [0.1, 0.15) is 30.4 Å². The van der Waals surface area contributed by atoms with Gasteiger partial charge in [-0.05, 0) is 61.1 Å². The number of nitrogens with zero attached hydrogens (tertiary/aromatic N) is 2. The van der Waals surface area contributed by atoms with Gasteiger partial charge < -0.3 is 20.1 Å². The Labute approximate surface area is 174 Å². The molecule has 2 heterocycles. The Morgan fingerprint density at radius 2 is 1.83 bits per heavy atom. The van der Waals surface area contributed by atoms with Crippen molar-refractivity contribution < 1.29 is 9.47 Å². The molecular formula is C22H21ClN4O2. The Bertz CT molecular complexity index is 1060. The van der Waals surface area contributed by atoms with Gasteiger partial charge in [-0.3, -0.25) is 0 Å². The second-order valence-corrected chi connectivity index (χ2v) is 7.63. The highest BCUT2D eigenvalue weighted by atomic mass is 35.5. The standard InChI is InChI=1S/C22H21ClN4O2/c23-17-12-24-22(25-16-10-9-14-5-2-1-3-6-15(14)11-16)27-21(17)26-18-7-4-8-19-20(18)29-13-28-19/h4,7-12H,1-3,5-6,13H2,(H2,24,25,26,27). The maximum atomic E-state index is 6.33. The summed E-state index contributed by atoms with van der Waals surface area (Å²) in [4.78, 5) is 8.89. The van der Waals surface area contributed by atoms with Gasteiger partial charge in [-0.2, -0.15) is 4.98 Å². The predicted octanol–water partition coefficient (Wildman–Crippen LogP) is 5.61. The van der Waals surface area contributed by atoms with E-state index < -0.39 is 0 Å². The van der Waals surface area contributed by atoms with Crippen LogP contribution in [-0.2, 0) is 12.8 Å². The van der Waals surface area contributed by atoms with Crippen LogP contribution in [0.15, 0.2) is 42.6 Å². The van der Waals surface area contributed by atoms with E-state index in [0.717, 1.165) is 24.2 Å². The average Bonchev–Trinajstić information content (AvgIpc) is 3.10. The Balaban J connectivity index is 1.39. The van der Waals surface area contributed by atoms with Gasteiger partial charge in [0.1, 0.15) is 5.02 Å². The Morgan fingerprint density at radius 1 is 0.931 bits per heavy atom. The van der Waals surface area contributed by atoms with E-state index in [-0.39, 0.29) is 6.79 Å². The molecule has 0 atom stereocenters. The largest absolute Gasteiger partial charge is 0.454 e. The van der Waals surface area contributed by atoms with Gasteiger partial charge in [0, 0.05) is 5.69 Å². The fourth-order valence-electron chi connectivity index (χ4n) is 3.79. The molecule has 2 N–H and O–H groups in total. The molecule has 5 rings (SSSR count). The molecule has 0 saturated carbocycles. The molecule has 0 amide bonds. The summed E-state index contributed by atoms with van der Waals surface area (Å²) in [5.74, 6) is 2.34.